The molecular formula is C17H23NO2. The topological polar surface area (TPSA) is 40.5 Å². The number of aliphatic carboxylic acids is 1. The molecule has 1 aromatic carbocycles. The van der Waals surface area contributed by atoms with E-state index in [1.807, 2.05) is 25.1 Å². The zero-order valence-corrected chi connectivity index (χ0v) is 12.7. The van der Waals surface area contributed by atoms with Crippen LogP contribution >= 0.6 is 0 Å². The molecule has 20 heavy (non-hydrogen) atoms. The number of benzene rings is 1. The molecule has 0 radical (unpaired) electrons. The summed E-state index contributed by atoms with van der Waals surface area (Å²) in [5.74, 6) is -0.748. The maximum Gasteiger partial charge on any atom is 0.326 e. The number of para-hydroxylation sites is 1. The molecule has 1 heterocycles. The average Bonchev–Trinajstić information content (AvgIpc) is 2.36. The van der Waals surface area contributed by atoms with Crippen LogP contribution in [0.25, 0.3) is 5.57 Å². The Morgan fingerprint density at radius 3 is 2.60 bits per heavy atom. The quantitative estimate of drug-likeness (QED) is 0.903. The van der Waals surface area contributed by atoms with E-state index in [0.717, 1.165) is 17.7 Å². The van der Waals surface area contributed by atoms with Gasteiger partial charge in [-0.25, -0.2) is 4.79 Å². The van der Waals surface area contributed by atoms with Crippen LogP contribution in [0, 0.1) is 0 Å². The number of carboxylic acid groups (broad SMARTS) is 1. The van der Waals surface area contributed by atoms with Crippen LogP contribution in [0.2, 0.25) is 0 Å². The van der Waals surface area contributed by atoms with Gasteiger partial charge in [0.1, 0.15) is 6.04 Å². The van der Waals surface area contributed by atoms with Crippen LogP contribution in [0.1, 0.15) is 46.1 Å². The highest BCUT2D eigenvalue weighted by molar-refractivity contribution is 5.86. The van der Waals surface area contributed by atoms with E-state index in [4.69, 9.17) is 0 Å². The summed E-state index contributed by atoms with van der Waals surface area (Å²) in [6, 6.07) is 7.58. The summed E-state index contributed by atoms with van der Waals surface area (Å²) in [5.41, 5.74) is 3.08. The van der Waals surface area contributed by atoms with Crippen molar-refractivity contribution in [3.63, 3.8) is 0 Å². The second-order valence-electron chi connectivity index (χ2n) is 6.01. The minimum absolute atomic E-state index is 0.295. The third-order valence-corrected chi connectivity index (χ3v) is 3.94. The molecule has 108 valence electrons. The highest BCUT2D eigenvalue weighted by atomic mass is 16.4. The number of hydrogen-bond donors (Lipinski definition) is 1. The summed E-state index contributed by atoms with van der Waals surface area (Å²) in [5, 5.41) is 9.62. The molecule has 0 aliphatic carbocycles. The zero-order chi connectivity index (χ0) is 14.9. The van der Waals surface area contributed by atoms with Gasteiger partial charge >= 0.3 is 5.97 Å². The van der Waals surface area contributed by atoms with Crippen molar-refractivity contribution in [1.29, 1.82) is 0 Å². The van der Waals surface area contributed by atoms with E-state index in [-0.39, 0.29) is 5.54 Å². The summed E-state index contributed by atoms with van der Waals surface area (Å²) in [6.07, 6.45) is 3.68. The summed E-state index contributed by atoms with van der Waals surface area (Å²) in [6.45, 7) is 8.28. The van der Waals surface area contributed by atoms with Crippen molar-refractivity contribution in [2.24, 2.45) is 0 Å². The smallest absolute Gasteiger partial charge is 0.326 e. The van der Waals surface area contributed by atoms with Crippen LogP contribution in [0.4, 0.5) is 5.69 Å². The van der Waals surface area contributed by atoms with Gasteiger partial charge in [-0.15, -0.1) is 0 Å². The molecule has 1 atom stereocenters. The normalized spacial score (nSPS) is 18.2. The van der Waals surface area contributed by atoms with Crippen LogP contribution in [0.15, 0.2) is 30.3 Å². The highest BCUT2D eigenvalue weighted by Crippen LogP contribution is 2.40. The van der Waals surface area contributed by atoms with Crippen LogP contribution in [0.5, 0.6) is 0 Å². The van der Waals surface area contributed by atoms with E-state index in [1.54, 1.807) is 0 Å². The Balaban J connectivity index is 2.57. The zero-order valence-electron chi connectivity index (χ0n) is 12.7. The van der Waals surface area contributed by atoms with E-state index < -0.39 is 12.0 Å². The minimum Gasteiger partial charge on any atom is -0.480 e. The lowest BCUT2D eigenvalue weighted by Gasteiger charge is -2.46. The number of nitrogens with zero attached hydrogens (tertiary/aromatic N) is 1. The number of anilines is 1. The second kappa shape index (κ2) is 5.31. The van der Waals surface area contributed by atoms with E-state index in [0.29, 0.717) is 6.42 Å². The van der Waals surface area contributed by atoms with Gasteiger partial charge < -0.3 is 10.0 Å². The Morgan fingerprint density at radius 1 is 1.35 bits per heavy atom. The van der Waals surface area contributed by atoms with Gasteiger partial charge in [-0.2, -0.15) is 0 Å². The van der Waals surface area contributed by atoms with Crippen LogP contribution in [0.3, 0.4) is 0 Å². The van der Waals surface area contributed by atoms with Crippen molar-refractivity contribution in [1.82, 2.24) is 0 Å². The second-order valence-corrected chi connectivity index (χ2v) is 6.01. The molecule has 0 aromatic heterocycles. The van der Waals surface area contributed by atoms with E-state index in [2.05, 4.69) is 37.8 Å². The van der Waals surface area contributed by atoms with Crippen molar-refractivity contribution >= 4 is 17.2 Å². The Hall–Kier alpha value is -1.77. The molecule has 1 aliphatic rings. The molecule has 0 saturated carbocycles. The number of hydrogen-bond acceptors (Lipinski definition) is 2. The van der Waals surface area contributed by atoms with E-state index >= 15 is 0 Å². The Labute approximate surface area is 120 Å². The van der Waals surface area contributed by atoms with Gasteiger partial charge in [0.25, 0.3) is 0 Å². The number of allylic oxidation sites excluding steroid dienone is 1. The van der Waals surface area contributed by atoms with Gasteiger partial charge in [-0.05, 0) is 38.8 Å². The molecule has 1 aromatic rings. The van der Waals surface area contributed by atoms with Crippen molar-refractivity contribution in [2.75, 3.05) is 4.90 Å². The maximum atomic E-state index is 11.7. The summed E-state index contributed by atoms with van der Waals surface area (Å²) in [4.78, 5) is 13.8. The third-order valence-electron chi connectivity index (χ3n) is 3.94. The molecule has 0 saturated heterocycles. The fourth-order valence-electron chi connectivity index (χ4n) is 3.21. The lowest BCUT2D eigenvalue weighted by molar-refractivity contribution is -0.139. The van der Waals surface area contributed by atoms with E-state index in [1.165, 1.54) is 5.57 Å². The monoisotopic (exact) mass is 273 g/mol. The average molecular weight is 273 g/mol. The van der Waals surface area contributed by atoms with Crippen LogP contribution in [-0.2, 0) is 4.79 Å². The largest absolute Gasteiger partial charge is 0.480 e. The fraction of sp³-hybridized carbons (Fsp3) is 0.471. The first kappa shape index (κ1) is 14.6. The summed E-state index contributed by atoms with van der Waals surface area (Å²) in [7, 11) is 0. The van der Waals surface area contributed by atoms with Crippen LogP contribution in [-0.4, -0.2) is 22.7 Å². The molecule has 0 bridgehead atoms. The number of carboxylic acids is 1. The molecule has 0 amide bonds. The standard InChI is InChI=1S/C17H23NO2/c1-5-8-15(16(19)20)18-14-10-7-6-9-13(14)12(2)11-17(18,3)4/h6-7,9-11,15H,5,8H2,1-4H3,(H,19,20)/t15-/m0/s1. The van der Waals surface area contributed by atoms with Gasteiger partial charge in [-0.3, -0.25) is 0 Å². The predicted octanol–water partition coefficient (Wildman–Crippen LogP) is 3.94. The first-order chi connectivity index (χ1) is 9.38. The predicted molar refractivity (Wildman–Crippen MR) is 83.0 cm³/mol. The molecular weight excluding hydrogens is 250 g/mol. The Kier molecular flexibility index (Phi) is 3.89. The third kappa shape index (κ3) is 2.45. The first-order valence-electron chi connectivity index (χ1n) is 7.19. The van der Waals surface area contributed by atoms with Crippen molar-refractivity contribution in [2.45, 2.75) is 52.1 Å². The lowest BCUT2D eigenvalue weighted by atomic mass is 9.86. The number of rotatable bonds is 4. The molecule has 2 rings (SSSR count). The molecule has 0 fully saturated rings. The summed E-state index contributed by atoms with van der Waals surface area (Å²) >= 11 is 0. The van der Waals surface area contributed by atoms with Crippen molar-refractivity contribution < 1.29 is 9.90 Å². The fourth-order valence-corrected chi connectivity index (χ4v) is 3.21. The molecule has 3 heteroatoms. The molecule has 1 aliphatic heterocycles. The SMILES string of the molecule is CCC[C@@H](C(=O)O)N1c2ccccc2C(C)=CC1(C)C. The molecule has 0 spiro atoms. The van der Waals surface area contributed by atoms with Gasteiger partial charge in [0.2, 0.25) is 0 Å². The lowest BCUT2D eigenvalue weighted by Crippen LogP contribution is -2.54. The van der Waals surface area contributed by atoms with Gasteiger partial charge in [0.15, 0.2) is 0 Å². The van der Waals surface area contributed by atoms with Crippen molar-refractivity contribution in [3.05, 3.63) is 35.9 Å². The first-order valence-corrected chi connectivity index (χ1v) is 7.19. The van der Waals surface area contributed by atoms with Gasteiger partial charge in [-0.1, -0.05) is 37.6 Å². The van der Waals surface area contributed by atoms with Crippen molar-refractivity contribution in [3.8, 4) is 0 Å². The number of fused-ring (bicyclic) bond motifs is 1. The molecule has 3 nitrogen and oxygen atoms in total. The maximum absolute atomic E-state index is 11.7. The Morgan fingerprint density at radius 2 is 2.00 bits per heavy atom. The van der Waals surface area contributed by atoms with E-state index in [9.17, 15) is 9.90 Å². The van der Waals surface area contributed by atoms with Gasteiger partial charge in [0.05, 0.1) is 5.54 Å². The Bertz CT molecular complexity index is 546. The molecule has 1 N–H and O–H groups in total. The van der Waals surface area contributed by atoms with Crippen LogP contribution < -0.4 is 4.90 Å². The summed E-state index contributed by atoms with van der Waals surface area (Å²) < 4.78 is 0. The highest BCUT2D eigenvalue weighted by Gasteiger charge is 2.38. The molecule has 0 unspecified atom stereocenters. The number of carbonyl (C=O) groups is 1. The minimum atomic E-state index is -0.748. The van der Waals surface area contributed by atoms with Gasteiger partial charge in [0, 0.05) is 11.3 Å².